The second kappa shape index (κ2) is 9.12. The molecule has 184 valence electrons. The number of aromatic amines is 1. The summed E-state index contributed by atoms with van der Waals surface area (Å²) in [6, 6.07) is 9.28. The molecular formula is C24H21F3N2O4S2. The second-order valence-corrected chi connectivity index (χ2v) is 11.3. The van der Waals surface area contributed by atoms with Crippen LogP contribution in [0.25, 0.3) is 21.1 Å². The van der Waals surface area contributed by atoms with Gasteiger partial charge in [-0.05, 0) is 48.9 Å². The van der Waals surface area contributed by atoms with Crippen molar-refractivity contribution >= 4 is 48.3 Å². The molecule has 2 unspecified atom stereocenters. The molecule has 4 aromatic rings. The number of benzene rings is 2. The highest BCUT2D eigenvalue weighted by molar-refractivity contribution is 7.91. The van der Waals surface area contributed by atoms with Crippen LogP contribution in [0.15, 0.2) is 55.1 Å². The predicted octanol–water partition coefficient (Wildman–Crippen LogP) is 6.40. The van der Waals surface area contributed by atoms with Gasteiger partial charge in [-0.15, -0.1) is 17.9 Å². The second-order valence-electron chi connectivity index (χ2n) is 7.91. The van der Waals surface area contributed by atoms with Crippen LogP contribution >= 0.6 is 11.3 Å². The van der Waals surface area contributed by atoms with Crippen molar-refractivity contribution in [1.29, 1.82) is 0 Å². The number of carbonyl (C=O) groups excluding carboxylic acids is 1. The summed E-state index contributed by atoms with van der Waals surface area (Å²) in [5.41, 5.74) is -1.30. The quantitative estimate of drug-likeness (QED) is 0.224. The fraction of sp³-hybridized carbons (Fsp3) is 0.250. The molecule has 4 rings (SSSR count). The number of hydrogen-bond acceptors (Lipinski definition) is 6. The Kier molecular flexibility index (Phi) is 6.50. The van der Waals surface area contributed by atoms with Gasteiger partial charge in [0.25, 0.3) is 0 Å². The van der Waals surface area contributed by atoms with Crippen molar-refractivity contribution in [3.8, 4) is 0 Å². The van der Waals surface area contributed by atoms with E-state index >= 15 is 0 Å². The van der Waals surface area contributed by atoms with Crippen LogP contribution in [0.3, 0.4) is 0 Å². The maximum atomic E-state index is 13.8. The first kappa shape index (κ1) is 24.9. The zero-order chi connectivity index (χ0) is 25.5. The van der Waals surface area contributed by atoms with E-state index in [-0.39, 0.29) is 23.0 Å². The molecule has 0 saturated heterocycles. The molecule has 0 aliphatic heterocycles. The third-order valence-electron chi connectivity index (χ3n) is 5.46. The van der Waals surface area contributed by atoms with E-state index in [0.29, 0.717) is 5.56 Å². The standard InChI is InChI=1S/C24H21F3N2O4S2/c1-4-21(14-6-8-18-20(12-14)34-13(3)28-18)35(31,32)23(33-22(30)5-2)19-11-15-10-16(24(25,26)27)7-9-17(15)29-19/h4,6-12,21,23,29H,1,5H2,2-3H3. The Balaban J connectivity index is 1.82. The number of H-pyrrole nitrogens is 1. The fourth-order valence-electron chi connectivity index (χ4n) is 3.80. The Morgan fingerprint density at radius 3 is 2.63 bits per heavy atom. The fourth-order valence-corrected chi connectivity index (χ4v) is 6.45. The van der Waals surface area contributed by atoms with Crippen LogP contribution < -0.4 is 0 Å². The molecule has 0 fully saturated rings. The van der Waals surface area contributed by atoms with Crippen LogP contribution in [0.1, 0.15) is 45.9 Å². The van der Waals surface area contributed by atoms with Gasteiger partial charge in [-0.3, -0.25) is 4.79 Å². The first-order valence-electron chi connectivity index (χ1n) is 10.6. The molecule has 0 spiro atoms. The van der Waals surface area contributed by atoms with Crippen LogP contribution in [0.2, 0.25) is 0 Å². The molecule has 35 heavy (non-hydrogen) atoms. The lowest BCUT2D eigenvalue weighted by atomic mass is 10.1. The highest BCUT2D eigenvalue weighted by Gasteiger charge is 2.39. The van der Waals surface area contributed by atoms with E-state index < -0.39 is 38.2 Å². The molecule has 2 aromatic heterocycles. The summed E-state index contributed by atoms with van der Waals surface area (Å²) < 4.78 is 73.2. The lowest BCUT2D eigenvalue weighted by Gasteiger charge is -2.22. The Labute approximate surface area is 203 Å². The van der Waals surface area contributed by atoms with Crippen molar-refractivity contribution in [2.45, 2.75) is 37.1 Å². The number of carbonyl (C=O) groups is 1. The zero-order valence-corrected chi connectivity index (χ0v) is 20.4. The SMILES string of the molecule is C=CC(c1ccc2nc(C)sc2c1)S(=O)(=O)C(OC(=O)CC)c1cc2cc(C(F)(F)F)ccc2[nH]1. The van der Waals surface area contributed by atoms with Crippen LogP contribution in [0, 0.1) is 6.92 Å². The van der Waals surface area contributed by atoms with Gasteiger partial charge in [0.2, 0.25) is 15.3 Å². The number of nitrogens with zero attached hydrogens (tertiary/aromatic N) is 1. The number of rotatable bonds is 7. The van der Waals surface area contributed by atoms with Crippen molar-refractivity contribution < 1.29 is 31.1 Å². The Morgan fingerprint density at radius 2 is 1.97 bits per heavy atom. The summed E-state index contributed by atoms with van der Waals surface area (Å²) in [5, 5.41) is -0.290. The van der Waals surface area contributed by atoms with E-state index in [1.807, 2.05) is 6.92 Å². The van der Waals surface area contributed by atoms with Gasteiger partial charge in [-0.2, -0.15) is 13.2 Å². The molecule has 0 aliphatic carbocycles. The Morgan fingerprint density at radius 1 is 1.23 bits per heavy atom. The predicted molar refractivity (Wildman–Crippen MR) is 129 cm³/mol. The third kappa shape index (κ3) is 4.83. The van der Waals surface area contributed by atoms with E-state index in [1.165, 1.54) is 36.5 Å². The van der Waals surface area contributed by atoms with Gasteiger partial charge < -0.3 is 9.72 Å². The topological polar surface area (TPSA) is 89.1 Å². The molecule has 2 atom stereocenters. The van der Waals surface area contributed by atoms with Gasteiger partial charge in [0, 0.05) is 17.3 Å². The molecule has 0 aliphatic rings. The molecule has 1 N–H and O–H groups in total. The van der Waals surface area contributed by atoms with Crippen LogP contribution in [-0.2, 0) is 25.5 Å². The first-order chi connectivity index (χ1) is 16.4. The highest BCUT2D eigenvalue weighted by atomic mass is 32.2. The maximum absolute atomic E-state index is 13.8. The zero-order valence-electron chi connectivity index (χ0n) is 18.7. The number of sulfone groups is 1. The average molecular weight is 523 g/mol. The summed E-state index contributed by atoms with van der Waals surface area (Å²) in [6.07, 6.45) is -3.41. The number of aromatic nitrogens is 2. The minimum Gasteiger partial charge on any atom is -0.439 e. The summed E-state index contributed by atoms with van der Waals surface area (Å²) in [6.45, 7) is 7.03. The minimum atomic E-state index is -4.56. The van der Waals surface area contributed by atoms with Gasteiger partial charge in [0.05, 0.1) is 26.5 Å². The van der Waals surface area contributed by atoms with Gasteiger partial charge in [0.15, 0.2) is 0 Å². The van der Waals surface area contributed by atoms with E-state index in [4.69, 9.17) is 4.74 Å². The number of aryl methyl sites for hydroxylation is 1. The summed E-state index contributed by atoms with van der Waals surface area (Å²) in [5.74, 6) is -0.774. The van der Waals surface area contributed by atoms with Crippen molar-refractivity contribution in [1.82, 2.24) is 9.97 Å². The molecule has 6 nitrogen and oxygen atoms in total. The lowest BCUT2D eigenvalue weighted by molar-refractivity contribution is -0.145. The molecule has 11 heteroatoms. The van der Waals surface area contributed by atoms with Crippen molar-refractivity contribution in [3.05, 3.63) is 76.9 Å². The summed E-state index contributed by atoms with van der Waals surface area (Å²) >= 11 is 1.41. The normalized spacial score (nSPS) is 14.2. The number of esters is 1. The van der Waals surface area contributed by atoms with Gasteiger partial charge in [-0.25, -0.2) is 13.4 Å². The van der Waals surface area contributed by atoms with Gasteiger partial charge >= 0.3 is 12.1 Å². The van der Waals surface area contributed by atoms with Crippen LogP contribution in [0.5, 0.6) is 0 Å². The Bertz CT molecular complexity index is 1540. The van der Waals surface area contributed by atoms with E-state index in [2.05, 4.69) is 16.5 Å². The molecular weight excluding hydrogens is 501 g/mol. The number of alkyl halides is 3. The monoisotopic (exact) mass is 522 g/mol. The van der Waals surface area contributed by atoms with Crippen molar-refractivity contribution in [2.24, 2.45) is 0 Å². The molecule has 0 radical (unpaired) electrons. The van der Waals surface area contributed by atoms with E-state index in [0.717, 1.165) is 27.4 Å². The molecule has 2 aromatic carbocycles. The van der Waals surface area contributed by atoms with E-state index in [9.17, 15) is 26.4 Å². The molecule has 0 amide bonds. The molecule has 0 bridgehead atoms. The number of fused-ring (bicyclic) bond motifs is 2. The number of nitrogens with one attached hydrogen (secondary N) is 1. The van der Waals surface area contributed by atoms with Crippen molar-refractivity contribution in [3.63, 3.8) is 0 Å². The first-order valence-corrected chi connectivity index (χ1v) is 13.0. The van der Waals surface area contributed by atoms with Gasteiger partial charge in [0.1, 0.15) is 5.25 Å². The lowest BCUT2D eigenvalue weighted by Crippen LogP contribution is -2.24. The molecule has 0 saturated carbocycles. The Hall–Kier alpha value is -3.18. The summed E-state index contributed by atoms with van der Waals surface area (Å²) in [4.78, 5) is 19.4. The highest BCUT2D eigenvalue weighted by Crippen LogP contribution is 2.39. The summed E-state index contributed by atoms with van der Waals surface area (Å²) in [7, 11) is -4.30. The number of hydrogen-bond donors (Lipinski definition) is 1. The van der Waals surface area contributed by atoms with Crippen molar-refractivity contribution in [2.75, 3.05) is 0 Å². The smallest absolute Gasteiger partial charge is 0.416 e. The molecule has 2 heterocycles. The third-order valence-corrected chi connectivity index (χ3v) is 8.52. The van der Waals surface area contributed by atoms with Gasteiger partial charge in [-0.1, -0.05) is 19.1 Å². The van der Waals surface area contributed by atoms with Crippen LogP contribution in [-0.4, -0.2) is 24.4 Å². The number of ether oxygens (including phenoxy) is 1. The number of halogens is 3. The number of thiazole rings is 1. The average Bonchev–Trinajstić information content (AvgIpc) is 3.38. The minimum absolute atomic E-state index is 0.0531. The largest absolute Gasteiger partial charge is 0.439 e. The van der Waals surface area contributed by atoms with E-state index in [1.54, 1.807) is 18.2 Å². The van der Waals surface area contributed by atoms with Crippen LogP contribution in [0.4, 0.5) is 13.2 Å². The maximum Gasteiger partial charge on any atom is 0.416 e.